The van der Waals surface area contributed by atoms with E-state index in [2.05, 4.69) is 0 Å². The minimum atomic E-state index is -4.67. The van der Waals surface area contributed by atoms with E-state index in [4.69, 9.17) is 17.3 Å². The lowest BCUT2D eigenvalue weighted by Gasteiger charge is -2.44. The molecule has 0 aromatic heterocycles. The molecule has 0 bridgehead atoms. The summed E-state index contributed by atoms with van der Waals surface area (Å²) in [5.41, 5.74) is 5.18. The predicted molar refractivity (Wildman–Crippen MR) is 127 cm³/mol. The second kappa shape index (κ2) is 8.68. The molecule has 2 aromatic rings. The van der Waals surface area contributed by atoms with Crippen LogP contribution in [-0.4, -0.2) is 10.7 Å². The molecule has 1 aliphatic heterocycles. The molecule has 0 radical (unpaired) electrons. The standard InChI is InChI=1S/C25H20ClF3N4O3/c1-24(2)10-19-22(20(34)11-24)21(13-4-3-5-15(8-13)33(35)36)16(12-30)23(31)32(19)18-9-14(25(27,28)29)6-7-17(18)26/h3-9,21H,10-11,31H2,1-2H3/t21-/m1/s1. The molecular formula is C25H20ClF3N4O3. The Morgan fingerprint density at radius 1 is 1.22 bits per heavy atom. The Hall–Kier alpha value is -3.84. The summed E-state index contributed by atoms with van der Waals surface area (Å²) < 4.78 is 40.6. The molecular weight excluding hydrogens is 497 g/mol. The first-order chi connectivity index (χ1) is 16.7. The Labute approximate surface area is 209 Å². The summed E-state index contributed by atoms with van der Waals surface area (Å²) in [5, 5.41) is 21.4. The zero-order chi connectivity index (χ0) is 26.6. The fraction of sp³-hybridized carbons (Fsp3) is 0.280. The van der Waals surface area contributed by atoms with Crippen molar-refractivity contribution in [2.24, 2.45) is 11.1 Å². The van der Waals surface area contributed by atoms with Crippen LogP contribution >= 0.6 is 11.6 Å². The van der Waals surface area contributed by atoms with Gasteiger partial charge in [-0.15, -0.1) is 0 Å². The third-order valence-corrected chi connectivity index (χ3v) is 6.63. The van der Waals surface area contributed by atoms with E-state index < -0.39 is 28.0 Å². The minimum Gasteiger partial charge on any atom is -0.384 e. The Balaban J connectivity index is 2.04. The van der Waals surface area contributed by atoms with E-state index in [0.29, 0.717) is 11.3 Å². The first kappa shape index (κ1) is 25.3. The summed E-state index contributed by atoms with van der Waals surface area (Å²) in [4.78, 5) is 25.5. The lowest BCUT2D eigenvalue weighted by molar-refractivity contribution is -0.384. The molecule has 0 saturated heterocycles. The van der Waals surface area contributed by atoms with Crippen LogP contribution in [0.2, 0.25) is 5.02 Å². The van der Waals surface area contributed by atoms with Gasteiger partial charge < -0.3 is 5.73 Å². The maximum absolute atomic E-state index is 13.5. The molecule has 186 valence electrons. The van der Waals surface area contributed by atoms with Gasteiger partial charge >= 0.3 is 6.18 Å². The summed E-state index contributed by atoms with van der Waals surface area (Å²) in [7, 11) is 0. The quantitative estimate of drug-likeness (QED) is 0.383. The number of benzene rings is 2. The molecule has 0 saturated carbocycles. The smallest absolute Gasteiger partial charge is 0.384 e. The maximum atomic E-state index is 13.5. The number of non-ortho nitro benzene ring substituents is 1. The van der Waals surface area contributed by atoms with Crippen LogP contribution in [0.5, 0.6) is 0 Å². The number of nitrogens with zero attached hydrogens (tertiary/aromatic N) is 3. The number of Topliss-reactive ketones (excluding diaryl/α,β-unsaturated/α-hetero) is 1. The Morgan fingerprint density at radius 2 is 1.92 bits per heavy atom. The summed E-state index contributed by atoms with van der Waals surface area (Å²) in [6, 6.07) is 10.3. The predicted octanol–water partition coefficient (Wildman–Crippen LogP) is 6.21. The number of carbonyl (C=O) groups is 1. The van der Waals surface area contributed by atoms with Crippen molar-refractivity contribution in [3.63, 3.8) is 0 Å². The summed E-state index contributed by atoms with van der Waals surface area (Å²) >= 11 is 6.33. The van der Waals surface area contributed by atoms with E-state index >= 15 is 0 Å². The van der Waals surface area contributed by atoms with Crippen LogP contribution in [0.15, 0.2) is 65.1 Å². The topological polar surface area (TPSA) is 113 Å². The fourth-order valence-corrected chi connectivity index (χ4v) is 5.00. The molecule has 1 heterocycles. The lowest BCUT2D eigenvalue weighted by Crippen LogP contribution is -2.42. The number of allylic oxidation sites excluding steroid dienone is 3. The zero-order valence-electron chi connectivity index (χ0n) is 19.2. The monoisotopic (exact) mass is 516 g/mol. The third kappa shape index (κ3) is 4.31. The number of hydrogen-bond acceptors (Lipinski definition) is 6. The van der Waals surface area contributed by atoms with E-state index in [1.807, 2.05) is 19.9 Å². The van der Waals surface area contributed by atoms with Gasteiger partial charge in [-0.1, -0.05) is 37.6 Å². The molecule has 0 spiro atoms. The van der Waals surface area contributed by atoms with Crippen LogP contribution < -0.4 is 10.6 Å². The van der Waals surface area contributed by atoms with Crippen molar-refractivity contribution in [1.29, 1.82) is 5.26 Å². The second-order valence-electron chi connectivity index (χ2n) is 9.50. The number of nitriles is 1. The highest BCUT2D eigenvalue weighted by atomic mass is 35.5. The number of anilines is 1. The summed E-state index contributed by atoms with van der Waals surface area (Å²) in [6.07, 6.45) is -4.32. The SMILES string of the molecule is CC1(C)CC(=O)C2=C(C1)N(c1cc(C(F)(F)F)ccc1Cl)C(N)=C(C#N)[C@H]2c1cccc([N+](=O)[O-])c1. The molecule has 4 rings (SSSR count). The van der Waals surface area contributed by atoms with Gasteiger partial charge in [-0.3, -0.25) is 19.8 Å². The van der Waals surface area contributed by atoms with Crippen molar-refractivity contribution in [2.45, 2.75) is 38.8 Å². The highest BCUT2D eigenvalue weighted by Crippen LogP contribution is 2.51. The summed E-state index contributed by atoms with van der Waals surface area (Å²) in [5.74, 6) is -1.54. The van der Waals surface area contributed by atoms with E-state index in [1.165, 1.54) is 23.1 Å². The Kier molecular flexibility index (Phi) is 6.09. The normalized spacial score (nSPS) is 19.8. The molecule has 2 aliphatic rings. The van der Waals surface area contributed by atoms with Gasteiger partial charge in [-0.2, -0.15) is 18.4 Å². The van der Waals surface area contributed by atoms with Crippen LogP contribution in [0.25, 0.3) is 0 Å². The number of halogens is 4. The molecule has 1 atom stereocenters. The average molecular weight is 517 g/mol. The first-order valence-electron chi connectivity index (χ1n) is 10.8. The third-order valence-electron chi connectivity index (χ3n) is 6.31. The molecule has 0 unspecified atom stereocenters. The van der Waals surface area contributed by atoms with Gasteiger partial charge in [0.05, 0.1) is 38.8 Å². The van der Waals surface area contributed by atoms with Crippen molar-refractivity contribution < 1.29 is 22.9 Å². The van der Waals surface area contributed by atoms with Crippen LogP contribution in [0.3, 0.4) is 0 Å². The number of nitrogens with two attached hydrogens (primary N) is 1. The number of ketones is 1. The highest BCUT2D eigenvalue weighted by Gasteiger charge is 2.45. The first-order valence-corrected chi connectivity index (χ1v) is 11.2. The van der Waals surface area contributed by atoms with Crippen LogP contribution in [0.1, 0.15) is 43.7 Å². The van der Waals surface area contributed by atoms with Crippen molar-refractivity contribution in [3.8, 4) is 6.07 Å². The minimum absolute atomic E-state index is 0.0558. The molecule has 0 fully saturated rings. The Bertz CT molecular complexity index is 1410. The Morgan fingerprint density at radius 3 is 2.53 bits per heavy atom. The molecule has 1 aliphatic carbocycles. The number of carbonyl (C=O) groups excluding carboxylic acids is 1. The van der Waals surface area contributed by atoms with Crippen molar-refractivity contribution in [3.05, 3.63) is 91.4 Å². The number of rotatable bonds is 3. The summed E-state index contributed by atoms with van der Waals surface area (Å²) in [6.45, 7) is 3.67. The molecule has 7 nitrogen and oxygen atoms in total. The second-order valence-corrected chi connectivity index (χ2v) is 9.90. The van der Waals surface area contributed by atoms with E-state index in [0.717, 1.165) is 18.2 Å². The number of nitro groups is 1. The van der Waals surface area contributed by atoms with Gasteiger partial charge in [0, 0.05) is 29.8 Å². The van der Waals surface area contributed by atoms with Crippen LogP contribution in [0, 0.1) is 26.9 Å². The van der Waals surface area contributed by atoms with Gasteiger partial charge in [-0.05, 0) is 35.6 Å². The number of nitro benzene ring substituents is 1. The number of hydrogen-bond donors (Lipinski definition) is 1. The van der Waals surface area contributed by atoms with Gasteiger partial charge in [0.2, 0.25) is 0 Å². The van der Waals surface area contributed by atoms with Gasteiger partial charge in [0.25, 0.3) is 5.69 Å². The van der Waals surface area contributed by atoms with Gasteiger partial charge in [-0.25, -0.2) is 0 Å². The van der Waals surface area contributed by atoms with Crippen molar-refractivity contribution in [1.82, 2.24) is 0 Å². The van der Waals surface area contributed by atoms with Crippen molar-refractivity contribution in [2.75, 3.05) is 4.90 Å². The zero-order valence-corrected chi connectivity index (χ0v) is 19.9. The number of alkyl halides is 3. The van der Waals surface area contributed by atoms with Crippen LogP contribution in [0.4, 0.5) is 24.5 Å². The van der Waals surface area contributed by atoms with E-state index in [9.17, 15) is 33.3 Å². The highest BCUT2D eigenvalue weighted by molar-refractivity contribution is 6.33. The molecule has 2 aromatic carbocycles. The molecule has 0 amide bonds. The van der Waals surface area contributed by atoms with Crippen molar-refractivity contribution >= 4 is 28.8 Å². The largest absolute Gasteiger partial charge is 0.416 e. The van der Waals surface area contributed by atoms with E-state index in [1.54, 1.807) is 6.07 Å². The molecule has 2 N–H and O–H groups in total. The molecule has 11 heteroatoms. The van der Waals surface area contributed by atoms with Gasteiger partial charge in [0.1, 0.15) is 5.82 Å². The lowest BCUT2D eigenvalue weighted by atomic mass is 9.68. The van der Waals surface area contributed by atoms with Crippen LogP contribution in [-0.2, 0) is 11.0 Å². The van der Waals surface area contributed by atoms with Gasteiger partial charge in [0.15, 0.2) is 5.78 Å². The molecule has 36 heavy (non-hydrogen) atoms. The maximum Gasteiger partial charge on any atom is 0.416 e. The fourth-order valence-electron chi connectivity index (χ4n) is 4.80. The van der Waals surface area contributed by atoms with E-state index in [-0.39, 0.29) is 52.0 Å². The average Bonchev–Trinajstić information content (AvgIpc) is 2.77.